The fourth-order valence-electron chi connectivity index (χ4n) is 7.89. The largest absolute Gasteiger partial charge is 0.456 e. The van der Waals surface area contributed by atoms with Gasteiger partial charge in [-0.1, -0.05) is 111 Å². The molecule has 0 unspecified atom stereocenters. The predicted molar refractivity (Wildman–Crippen MR) is 204 cm³/mol. The van der Waals surface area contributed by atoms with E-state index in [2.05, 4.69) is 128 Å². The Kier molecular flexibility index (Phi) is 5.95. The van der Waals surface area contributed by atoms with Crippen molar-refractivity contribution in [1.29, 1.82) is 0 Å². The molecule has 0 fully saturated rings. The molecule has 1 aliphatic carbocycles. The fourth-order valence-corrected chi connectivity index (χ4v) is 7.89. The van der Waals surface area contributed by atoms with E-state index in [0.717, 1.165) is 77.4 Å². The van der Waals surface area contributed by atoms with Crippen LogP contribution in [0.15, 0.2) is 144 Å². The molecule has 0 bridgehead atoms. The summed E-state index contributed by atoms with van der Waals surface area (Å²) < 4.78 is 6.44. The highest BCUT2D eigenvalue weighted by atomic mass is 16.3. The second-order valence-electron chi connectivity index (χ2n) is 13.7. The molecular weight excluding hydrogens is 611 g/mol. The average molecular weight is 640 g/mol. The van der Waals surface area contributed by atoms with E-state index in [1.807, 2.05) is 30.3 Å². The molecule has 0 saturated heterocycles. The molecule has 4 nitrogen and oxygen atoms in total. The Morgan fingerprint density at radius 1 is 0.540 bits per heavy atom. The summed E-state index contributed by atoms with van der Waals surface area (Å²) >= 11 is 0. The third-order valence-corrected chi connectivity index (χ3v) is 10.5. The van der Waals surface area contributed by atoms with Crippen LogP contribution in [0.1, 0.15) is 25.0 Å². The summed E-state index contributed by atoms with van der Waals surface area (Å²) in [5.41, 5.74) is 15.1. The lowest BCUT2D eigenvalue weighted by Gasteiger charge is -2.22. The van der Waals surface area contributed by atoms with Gasteiger partial charge in [0, 0.05) is 38.1 Å². The molecule has 0 aliphatic heterocycles. The van der Waals surface area contributed by atoms with Crippen molar-refractivity contribution in [3.8, 4) is 44.8 Å². The van der Waals surface area contributed by atoms with E-state index in [4.69, 9.17) is 21.0 Å². The summed E-state index contributed by atoms with van der Waals surface area (Å²) in [5, 5.41) is 4.27. The summed E-state index contributed by atoms with van der Waals surface area (Å²) in [6, 6.07) is 48.5. The minimum absolute atomic E-state index is 0.219. The van der Waals surface area contributed by atoms with Gasteiger partial charge in [0.25, 0.3) is 0 Å². The van der Waals surface area contributed by atoms with Crippen LogP contribution >= 0.6 is 0 Å². The summed E-state index contributed by atoms with van der Waals surface area (Å²) in [7, 11) is 0. The molecule has 0 radical (unpaired) electrons. The van der Waals surface area contributed by atoms with Gasteiger partial charge in [0.15, 0.2) is 5.69 Å². The first kappa shape index (κ1) is 28.4. The Bertz CT molecular complexity index is 2910. The third-order valence-electron chi connectivity index (χ3n) is 10.5. The zero-order chi connectivity index (χ0) is 33.6. The van der Waals surface area contributed by atoms with Gasteiger partial charge in [0.05, 0.1) is 29.0 Å². The van der Waals surface area contributed by atoms with Crippen LogP contribution in [-0.4, -0.2) is 9.97 Å². The van der Waals surface area contributed by atoms with Gasteiger partial charge >= 0.3 is 0 Å². The summed E-state index contributed by atoms with van der Waals surface area (Å²) in [6.07, 6.45) is 0. The topological polar surface area (TPSA) is 43.3 Å². The molecule has 234 valence electrons. The molecule has 9 aromatic rings. The molecular formula is C46H29N3O. The van der Waals surface area contributed by atoms with Crippen molar-refractivity contribution >= 4 is 49.4 Å². The molecule has 0 atom stereocenters. The number of hydrogen-bond acceptors (Lipinski definition) is 3. The van der Waals surface area contributed by atoms with Crippen LogP contribution in [0.5, 0.6) is 0 Å². The third kappa shape index (κ3) is 4.17. The molecule has 1 aliphatic rings. The van der Waals surface area contributed by atoms with Gasteiger partial charge in [-0.15, -0.1) is 0 Å². The minimum Gasteiger partial charge on any atom is -0.456 e. The molecule has 4 heteroatoms. The van der Waals surface area contributed by atoms with E-state index < -0.39 is 0 Å². The second kappa shape index (κ2) is 10.5. The summed E-state index contributed by atoms with van der Waals surface area (Å²) in [5.74, 6) is 0. The monoisotopic (exact) mass is 639 g/mol. The highest BCUT2D eigenvalue weighted by Crippen LogP contribution is 2.51. The van der Waals surface area contributed by atoms with E-state index in [0.29, 0.717) is 5.69 Å². The number of fused-ring (bicyclic) bond motifs is 9. The Balaban J connectivity index is 1.12. The van der Waals surface area contributed by atoms with E-state index in [9.17, 15) is 0 Å². The summed E-state index contributed by atoms with van der Waals surface area (Å²) in [4.78, 5) is 14.0. The van der Waals surface area contributed by atoms with Crippen molar-refractivity contribution in [2.75, 3.05) is 0 Å². The number of furan rings is 1. The second-order valence-corrected chi connectivity index (χ2v) is 13.7. The number of nitrogens with zero attached hydrogens (tertiary/aromatic N) is 3. The van der Waals surface area contributed by atoms with Crippen molar-refractivity contribution in [2.45, 2.75) is 19.3 Å². The molecule has 6 aromatic carbocycles. The quantitative estimate of drug-likeness (QED) is 0.143. The standard InChI is InChI=1S/C46H29N3O/c1-46(2)37-25-30(14-19-34(37)35-20-18-32(47-3)26-38(35)46)33-10-7-11-42-43(33)36-24-31(17-23-41(36)50-42)40-22-16-29-13-12-28-15-21-39(27-8-5-4-6-9-27)48-44(28)45(29)49-40/h4-26H,1-2H3. The van der Waals surface area contributed by atoms with Gasteiger partial charge < -0.3 is 4.42 Å². The van der Waals surface area contributed by atoms with Gasteiger partial charge in [-0.2, -0.15) is 0 Å². The zero-order valence-corrected chi connectivity index (χ0v) is 27.5. The Morgan fingerprint density at radius 2 is 1.20 bits per heavy atom. The number of pyridine rings is 2. The van der Waals surface area contributed by atoms with Crippen LogP contribution in [0.2, 0.25) is 0 Å². The van der Waals surface area contributed by atoms with Crippen LogP contribution in [0.3, 0.4) is 0 Å². The minimum atomic E-state index is -0.219. The van der Waals surface area contributed by atoms with Crippen molar-refractivity contribution in [3.63, 3.8) is 0 Å². The average Bonchev–Trinajstić information content (AvgIpc) is 3.65. The van der Waals surface area contributed by atoms with E-state index in [1.54, 1.807) is 0 Å². The highest BCUT2D eigenvalue weighted by molar-refractivity contribution is 6.13. The first-order chi connectivity index (χ1) is 24.5. The van der Waals surface area contributed by atoms with Crippen LogP contribution in [0, 0.1) is 6.57 Å². The number of hydrogen-bond donors (Lipinski definition) is 0. The SMILES string of the molecule is [C-]#[N+]c1ccc2c(c1)C(C)(C)c1cc(-c3cccc4oc5ccc(-c6ccc7ccc8ccc(-c9ccccc9)nc8c7n6)cc5c34)ccc1-2. The predicted octanol–water partition coefficient (Wildman–Crippen LogP) is 12.5. The van der Waals surface area contributed by atoms with E-state index in [-0.39, 0.29) is 5.41 Å². The smallest absolute Gasteiger partial charge is 0.187 e. The molecule has 3 heterocycles. The maximum Gasteiger partial charge on any atom is 0.187 e. The van der Waals surface area contributed by atoms with Gasteiger partial charge in [-0.3, -0.25) is 0 Å². The lowest BCUT2D eigenvalue weighted by molar-refractivity contribution is 0.661. The fraction of sp³-hybridized carbons (Fsp3) is 0.0652. The lowest BCUT2D eigenvalue weighted by atomic mass is 9.81. The Morgan fingerprint density at radius 3 is 1.94 bits per heavy atom. The lowest BCUT2D eigenvalue weighted by Crippen LogP contribution is -2.14. The Hall–Kier alpha value is -6.57. The van der Waals surface area contributed by atoms with Gasteiger partial charge in [-0.25, -0.2) is 14.8 Å². The molecule has 50 heavy (non-hydrogen) atoms. The first-order valence-corrected chi connectivity index (χ1v) is 16.9. The van der Waals surface area contributed by atoms with Crippen LogP contribution in [0.4, 0.5) is 5.69 Å². The van der Waals surface area contributed by atoms with Crippen LogP contribution in [0.25, 0.3) is 93.4 Å². The van der Waals surface area contributed by atoms with E-state index in [1.165, 1.54) is 22.3 Å². The van der Waals surface area contributed by atoms with Crippen molar-refractivity contribution in [1.82, 2.24) is 9.97 Å². The zero-order valence-electron chi connectivity index (χ0n) is 27.5. The Labute approximate surface area is 289 Å². The molecule has 0 amide bonds. The maximum absolute atomic E-state index is 7.56. The van der Waals surface area contributed by atoms with Crippen LogP contribution in [-0.2, 0) is 5.41 Å². The van der Waals surface area contributed by atoms with Gasteiger partial charge in [-0.05, 0) is 75.8 Å². The summed E-state index contributed by atoms with van der Waals surface area (Å²) in [6.45, 7) is 12.1. The molecule has 3 aromatic heterocycles. The maximum atomic E-state index is 7.56. The van der Waals surface area contributed by atoms with Gasteiger partial charge in [0.1, 0.15) is 11.2 Å². The van der Waals surface area contributed by atoms with Crippen LogP contribution < -0.4 is 0 Å². The number of benzene rings is 6. The highest BCUT2D eigenvalue weighted by Gasteiger charge is 2.35. The number of aromatic nitrogens is 2. The normalized spacial score (nSPS) is 13.1. The van der Waals surface area contributed by atoms with E-state index >= 15 is 0 Å². The van der Waals surface area contributed by atoms with Crippen molar-refractivity contribution in [3.05, 3.63) is 162 Å². The van der Waals surface area contributed by atoms with Crippen molar-refractivity contribution in [2.24, 2.45) is 0 Å². The first-order valence-electron chi connectivity index (χ1n) is 16.9. The molecule has 0 saturated carbocycles. The van der Waals surface area contributed by atoms with Gasteiger partial charge in [0.2, 0.25) is 0 Å². The van der Waals surface area contributed by atoms with Crippen molar-refractivity contribution < 1.29 is 4.42 Å². The molecule has 10 rings (SSSR count). The molecule has 0 spiro atoms. The molecule has 0 N–H and O–H groups in total. The number of rotatable bonds is 3.